The first-order valence-electron chi connectivity index (χ1n) is 6.11. The lowest BCUT2D eigenvalue weighted by Crippen LogP contribution is -2.40. The quantitative estimate of drug-likeness (QED) is 0.757. The van der Waals surface area contributed by atoms with E-state index in [-0.39, 0.29) is 18.1 Å². The molecule has 0 radical (unpaired) electrons. The van der Waals surface area contributed by atoms with Crippen molar-refractivity contribution in [1.29, 1.82) is 0 Å². The second-order valence-electron chi connectivity index (χ2n) is 5.14. The Kier molecular flexibility index (Phi) is 3.29. The molecule has 4 atom stereocenters. The molecule has 4 unspecified atom stereocenters. The lowest BCUT2D eigenvalue weighted by Gasteiger charge is -2.16. The molecule has 0 bridgehead atoms. The molecule has 0 aromatic carbocycles. The van der Waals surface area contributed by atoms with Crippen LogP contribution in [0.4, 0.5) is 0 Å². The third-order valence-corrected chi connectivity index (χ3v) is 3.57. The maximum Gasteiger partial charge on any atom is 0.249 e. The zero-order valence-electron chi connectivity index (χ0n) is 9.66. The number of hydrogen-bond acceptors (Lipinski definition) is 2. The van der Waals surface area contributed by atoms with Crippen molar-refractivity contribution in [2.75, 3.05) is 0 Å². The zero-order valence-corrected chi connectivity index (χ0v) is 9.66. The smallest absolute Gasteiger partial charge is 0.249 e. The van der Waals surface area contributed by atoms with Gasteiger partial charge in [-0.05, 0) is 44.9 Å². The van der Waals surface area contributed by atoms with Crippen molar-refractivity contribution >= 4 is 5.91 Å². The summed E-state index contributed by atoms with van der Waals surface area (Å²) in [6.07, 6.45) is 5.48. The minimum atomic E-state index is -0.184. The van der Waals surface area contributed by atoms with Crippen molar-refractivity contribution in [3.63, 3.8) is 0 Å². The molecule has 1 aliphatic heterocycles. The van der Waals surface area contributed by atoms with Crippen LogP contribution >= 0.6 is 0 Å². The van der Waals surface area contributed by atoms with E-state index in [0.717, 1.165) is 31.6 Å². The van der Waals surface area contributed by atoms with E-state index in [4.69, 9.17) is 4.74 Å². The monoisotopic (exact) mass is 211 g/mol. The van der Waals surface area contributed by atoms with E-state index in [0.29, 0.717) is 6.04 Å². The molecular weight excluding hydrogens is 190 g/mol. The second-order valence-corrected chi connectivity index (χ2v) is 5.14. The summed E-state index contributed by atoms with van der Waals surface area (Å²) < 4.78 is 5.55. The van der Waals surface area contributed by atoms with Gasteiger partial charge < -0.3 is 10.1 Å². The zero-order chi connectivity index (χ0) is 10.8. The maximum atomic E-state index is 11.8. The number of rotatable bonds is 2. The van der Waals surface area contributed by atoms with E-state index in [1.54, 1.807) is 0 Å². The first kappa shape index (κ1) is 10.9. The molecule has 2 fully saturated rings. The van der Waals surface area contributed by atoms with Gasteiger partial charge in [-0.1, -0.05) is 6.92 Å². The third-order valence-electron chi connectivity index (χ3n) is 3.57. The summed E-state index contributed by atoms with van der Waals surface area (Å²) in [6.45, 7) is 4.28. The third kappa shape index (κ3) is 2.71. The molecule has 1 saturated heterocycles. The van der Waals surface area contributed by atoms with Gasteiger partial charge in [-0.2, -0.15) is 0 Å². The van der Waals surface area contributed by atoms with Crippen molar-refractivity contribution in [1.82, 2.24) is 5.32 Å². The second kappa shape index (κ2) is 4.52. The predicted octanol–water partition coefficient (Wildman–Crippen LogP) is 1.86. The minimum Gasteiger partial charge on any atom is -0.365 e. The van der Waals surface area contributed by atoms with E-state index >= 15 is 0 Å². The maximum absolute atomic E-state index is 11.8. The summed E-state index contributed by atoms with van der Waals surface area (Å²) in [5.41, 5.74) is 0. The molecule has 1 N–H and O–H groups in total. The first-order valence-corrected chi connectivity index (χ1v) is 6.11. The van der Waals surface area contributed by atoms with Crippen molar-refractivity contribution in [3.8, 4) is 0 Å². The number of carbonyl (C=O) groups is 1. The number of amides is 1. The fourth-order valence-corrected chi connectivity index (χ4v) is 2.63. The fraction of sp³-hybridized carbons (Fsp3) is 0.917. The molecule has 3 nitrogen and oxygen atoms in total. The van der Waals surface area contributed by atoms with E-state index < -0.39 is 0 Å². The summed E-state index contributed by atoms with van der Waals surface area (Å²) in [6, 6.07) is 0.395. The molecule has 15 heavy (non-hydrogen) atoms. The number of nitrogens with one attached hydrogen (secondary N) is 1. The first-order chi connectivity index (χ1) is 7.15. The van der Waals surface area contributed by atoms with Gasteiger partial charge in [-0.25, -0.2) is 0 Å². The summed E-state index contributed by atoms with van der Waals surface area (Å²) in [7, 11) is 0. The number of hydrogen-bond donors (Lipinski definition) is 1. The van der Waals surface area contributed by atoms with Crippen LogP contribution in [0, 0.1) is 5.92 Å². The van der Waals surface area contributed by atoms with Gasteiger partial charge in [-0.3, -0.25) is 4.79 Å². The molecule has 3 heteroatoms. The van der Waals surface area contributed by atoms with E-state index in [2.05, 4.69) is 12.2 Å². The molecule has 0 aromatic rings. The molecule has 1 aliphatic carbocycles. The summed E-state index contributed by atoms with van der Waals surface area (Å²) >= 11 is 0. The van der Waals surface area contributed by atoms with E-state index in [9.17, 15) is 4.79 Å². The van der Waals surface area contributed by atoms with Crippen LogP contribution in [0.5, 0.6) is 0 Å². The molecule has 0 aromatic heterocycles. The standard InChI is InChI=1S/C12H21NO2/c1-8-3-5-10(7-8)13-12(14)11-6-4-9(2)15-11/h8-11H,3-7H2,1-2H3,(H,13,14). The number of ether oxygens (including phenoxy) is 1. The van der Waals surface area contributed by atoms with Gasteiger partial charge in [0.1, 0.15) is 6.10 Å². The Morgan fingerprint density at radius 2 is 2.00 bits per heavy atom. The van der Waals surface area contributed by atoms with Crippen LogP contribution in [0.1, 0.15) is 46.0 Å². The molecule has 2 rings (SSSR count). The summed E-state index contributed by atoms with van der Waals surface area (Å²) in [5.74, 6) is 0.872. The summed E-state index contributed by atoms with van der Waals surface area (Å²) in [5, 5.41) is 3.11. The molecule has 1 heterocycles. The van der Waals surface area contributed by atoms with Gasteiger partial charge in [0, 0.05) is 6.04 Å². The van der Waals surface area contributed by atoms with Crippen molar-refractivity contribution in [3.05, 3.63) is 0 Å². The SMILES string of the molecule is CC1CCC(NC(=O)C2CCC(C)O2)C1. The van der Waals surface area contributed by atoms with Gasteiger partial charge in [-0.15, -0.1) is 0 Å². The van der Waals surface area contributed by atoms with Crippen LogP contribution in [-0.4, -0.2) is 24.2 Å². The molecule has 0 spiro atoms. The van der Waals surface area contributed by atoms with Crippen LogP contribution in [-0.2, 0) is 9.53 Å². The van der Waals surface area contributed by atoms with Gasteiger partial charge in [0.05, 0.1) is 6.10 Å². The van der Waals surface area contributed by atoms with Gasteiger partial charge in [0.2, 0.25) is 5.91 Å². The molecule has 2 aliphatic rings. The fourth-order valence-electron chi connectivity index (χ4n) is 2.63. The van der Waals surface area contributed by atoms with Crippen molar-refractivity contribution in [2.45, 2.75) is 64.2 Å². The topological polar surface area (TPSA) is 38.3 Å². The van der Waals surface area contributed by atoms with E-state index in [1.165, 1.54) is 6.42 Å². The van der Waals surface area contributed by atoms with Gasteiger partial charge >= 0.3 is 0 Å². The molecule has 1 saturated carbocycles. The Labute approximate surface area is 91.6 Å². The van der Waals surface area contributed by atoms with Crippen LogP contribution in [0.3, 0.4) is 0 Å². The lowest BCUT2D eigenvalue weighted by molar-refractivity contribution is -0.132. The Hall–Kier alpha value is -0.570. The van der Waals surface area contributed by atoms with Crippen LogP contribution in [0.15, 0.2) is 0 Å². The van der Waals surface area contributed by atoms with E-state index in [1.807, 2.05) is 6.92 Å². The normalized spacial score (nSPS) is 40.7. The van der Waals surface area contributed by atoms with Gasteiger partial charge in [0.25, 0.3) is 0 Å². The van der Waals surface area contributed by atoms with Crippen molar-refractivity contribution in [2.24, 2.45) is 5.92 Å². The van der Waals surface area contributed by atoms with Crippen LogP contribution < -0.4 is 5.32 Å². The Balaban J connectivity index is 1.77. The highest BCUT2D eigenvalue weighted by molar-refractivity contribution is 5.81. The highest BCUT2D eigenvalue weighted by Gasteiger charge is 2.31. The predicted molar refractivity (Wildman–Crippen MR) is 58.5 cm³/mol. The average molecular weight is 211 g/mol. The molecular formula is C12H21NO2. The Bertz CT molecular complexity index is 242. The Morgan fingerprint density at radius 1 is 1.20 bits per heavy atom. The molecule has 1 amide bonds. The molecule has 86 valence electrons. The van der Waals surface area contributed by atoms with Crippen LogP contribution in [0.2, 0.25) is 0 Å². The Morgan fingerprint density at radius 3 is 2.53 bits per heavy atom. The van der Waals surface area contributed by atoms with Crippen LogP contribution in [0.25, 0.3) is 0 Å². The summed E-state index contributed by atoms with van der Waals surface area (Å²) in [4.78, 5) is 11.8. The highest BCUT2D eigenvalue weighted by Crippen LogP contribution is 2.25. The lowest BCUT2D eigenvalue weighted by atomic mass is 10.1. The average Bonchev–Trinajstić information content (AvgIpc) is 2.75. The van der Waals surface area contributed by atoms with Crippen molar-refractivity contribution < 1.29 is 9.53 Å². The largest absolute Gasteiger partial charge is 0.365 e. The highest BCUT2D eigenvalue weighted by atomic mass is 16.5. The number of carbonyl (C=O) groups excluding carboxylic acids is 1. The van der Waals surface area contributed by atoms with Gasteiger partial charge in [0.15, 0.2) is 0 Å². The minimum absolute atomic E-state index is 0.110.